The summed E-state index contributed by atoms with van der Waals surface area (Å²) in [7, 11) is 0. The minimum atomic E-state index is 0.824. The lowest BCUT2D eigenvalue weighted by molar-refractivity contribution is 0.303. The third-order valence-electron chi connectivity index (χ3n) is 2.27. The summed E-state index contributed by atoms with van der Waals surface area (Å²) in [4.78, 5) is 2.41. The molecule has 5 heteroatoms. The van der Waals surface area contributed by atoms with Gasteiger partial charge in [0.1, 0.15) is 0 Å². The van der Waals surface area contributed by atoms with Gasteiger partial charge in [0, 0.05) is 6.54 Å². The van der Waals surface area contributed by atoms with Gasteiger partial charge in [-0.3, -0.25) is 5.10 Å². The van der Waals surface area contributed by atoms with Crippen LogP contribution in [0.1, 0.15) is 20.3 Å². The molecule has 80 valence electrons. The monoisotopic (exact) mass is 197 g/mol. The molecular formula is C9H19N5. The maximum Gasteiger partial charge on any atom is 0.168 e. The van der Waals surface area contributed by atoms with Crippen molar-refractivity contribution in [1.82, 2.24) is 20.3 Å². The van der Waals surface area contributed by atoms with Gasteiger partial charge in [0.2, 0.25) is 0 Å². The van der Waals surface area contributed by atoms with Crippen molar-refractivity contribution in [3.63, 3.8) is 0 Å². The minimum Gasteiger partial charge on any atom is -0.367 e. The van der Waals surface area contributed by atoms with E-state index < -0.39 is 0 Å². The van der Waals surface area contributed by atoms with Crippen LogP contribution >= 0.6 is 0 Å². The van der Waals surface area contributed by atoms with Gasteiger partial charge in [0.25, 0.3) is 0 Å². The molecule has 0 aliphatic rings. The number of aromatic amines is 1. The summed E-state index contributed by atoms with van der Waals surface area (Å²) in [5.74, 6) is 0.824. The van der Waals surface area contributed by atoms with Crippen molar-refractivity contribution >= 4 is 5.82 Å². The molecule has 2 N–H and O–H groups in total. The van der Waals surface area contributed by atoms with Gasteiger partial charge in [-0.15, -0.1) is 5.10 Å². The standard InChI is InChI=1S/C9H19N5/c1-3-14(4-2)7-5-6-10-9-8-11-13-12-9/h8H,3-7H2,1-2H3,(H2,10,11,12,13). The third-order valence-corrected chi connectivity index (χ3v) is 2.27. The highest BCUT2D eigenvalue weighted by Gasteiger charge is 1.98. The predicted octanol–water partition coefficient (Wildman–Crippen LogP) is 0.948. The molecule has 0 aliphatic heterocycles. The lowest BCUT2D eigenvalue weighted by atomic mass is 10.3. The van der Waals surface area contributed by atoms with Crippen molar-refractivity contribution in [3.05, 3.63) is 6.20 Å². The second-order valence-electron chi connectivity index (χ2n) is 3.17. The number of nitrogens with zero attached hydrogens (tertiary/aromatic N) is 3. The molecule has 0 unspecified atom stereocenters. The molecule has 0 spiro atoms. The van der Waals surface area contributed by atoms with Crippen LogP contribution in [0.25, 0.3) is 0 Å². The van der Waals surface area contributed by atoms with Gasteiger partial charge in [-0.1, -0.05) is 19.1 Å². The molecule has 1 rings (SSSR count). The smallest absolute Gasteiger partial charge is 0.168 e. The van der Waals surface area contributed by atoms with E-state index in [1.165, 1.54) is 0 Å². The number of hydrogen-bond acceptors (Lipinski definition) is 4. The Labute approximate surface area is 84.9 Å². The Hall–Kier alpha value is -1.10. The first-order chi connectivity index (χ1) is 6.86. The molecule has 0 radical (unpaired) electrons. The number of hydrogen-bond donors (Lipinski definition) is 2. The van der Waals surface area contributed by atoms with Crippen molar-refractivity contribution < 1.29 is 0 Å². The molecule has 1 aromatic rings. The average Bonchev–Trinajstić information content (AvgIpc) is 2.71. The summed E-state index contributed by atoms with van der Waals surface area (Å²) in [6.07, 6.45) is 2.89. The minimum absolute atomic E-state index is 0.824. The van der Waals surface area contributed by atoms with Gasteiger partial charge in [0.15, 0.2) is 5.82 Å². The molecule has 0 aliphatic carbocycles. The second-order valence-corrected chi connectivity index (χ2v) is 3.17. The summed E-state index contributed by atoms with van der Waals surface area (Å²) in [6.45, 7) is 8.71. The van der Waals surface area contributed by atoms with E-state index >= 15 is 0 Å². The number of anilines is 1. The maximum atomic E-state index is 3.84. The van der Waals surface area contributed by atoms with Crippen molar-refractivity contribution in [2.45, 2.75) is 20.3 Å². The van der Waals surface area contributed by atoms with Gasteiger partial charge in [0.05, 0.1) is 6.20 Å². The maximum absolute atomic E-state index is 3.84. The molecule has 0 saturated heterocycles. The molecule has 0 amide bonds. The summed E-state index contributed by atoms with van der Waals surface area (Å²) in [5.41, 5.74) is 0. The van der Waals surface area contributed by atoms with E-state index in [0.717, 1.165) is 38.4 Å². The molecule has 0 aromatic carbocycles. The van der Waals surface area contributed by atoms with Crippen LogP contribution < -0.4 is 5.32 Å². The van der Waals surface area contributed by atoms with Crippen LogP contribution in [0, 0.1) is 0 Å². The SMILES string of the molecule is CCN(CC)CCCNc1c[nH]nn1. The Morgan fingerprint density at radius 2 is 2.21 bits per heavy atom. The lowest BCUT2D eigenvalue weighted by Crippen LogP contribution is -2.25. The number of aromatic nitrogens is 3. The summed E-state index contributed by atoms with van der Waals surface area (Å²) < 4.78 is 0. The topological polar surface area (TPSA) is 56.8 Å². The first-order valence-corrected chi connectivity index (χ1v) is 5.19. The normalized spacial score (nSPS) is 10.8. The number of H-pyrrole nitrogens is 1. The molecule has 14 heavy (non-hydrogen) atoms. The average molecular weight is 197 g/mol. The Balaban J connectivity index is 2.04. The van der Waals surface area contributed by atoms with Crippen LogP contribution in [0.15, 0.2) is 6.20 Å². The Morgan fingerprint density at radius 3 is 2.79 bits per heavy atom. The lowest BCUT2D eigenvalue weighted by Gasteiger charge is -2.17. The van der Waals surface area contributed by atoms with Crippen LogP contribution in [-0.4, -0.2) is 46.5 Å². The van der Waals surface area contributed by atoms with E-state index in [9.17, 15) is 0 Å². The fourth-order valence-electron chi connectivity index (χ4n) is 1.35. The van der Waals surface area contributed by atoms with E-state index in [1.807, 2.05) is 0 Å². The van der Waals surface area contributed by atoms with Crippen molar-refractivity contribution in [2.24, 2.45) is 0 Å². The van der Waals surface area contributed by atoms with Crippen molar-refractivity contribution in [2.75, 3.05) is 31.5 Å². The molecule has 0 saturated carbocycles. The third kappa shape index (κ3) is 3.74. The quantitative estimate of drug-likeness (QED) is 0.639. The molecular weight excluding hydrogens is 178 g/mol. The van der Waals surface area contributed by atoms with Crippen molar-refractivity contribution in [1.29, 1.82) is 0 Å². The van der Waals surface area contributed by atoms with Gasteiger partial charge in [-0.2, -0.15) is 0 Å². The number of rotatable bonds is 7. The first-order valence-electron chi connectivity index (χ1n) is 5.19. The Kier molecular flexibility index (Phi) is 4.99. The Morgan fingerprint density at radius 1 is 1.43 bits per heavy atom. The fourth-order valence-corrected chi connectivity index (χ4v) is 1.35. The second kappa shape index (κ2) is 6.37. The zero-order valence-corrected chi connectivity index (χ0v) is 8.95. The highest BCUT2D eigenvalue weighted by atomic mass is 15.3. The number of nitrogens with one attached hydrogen (secondary N) is 2. The van der Waals surface area contributed by atoms with Gasteiger partial charge >= 0.3 is 0 Å². The van der Waals surface area contributed by atoms with Crippen LogP contribution in [0.3, 0.4) is 0 Å². The molecule has 1 aromatic heterocycles. The zero-order valence-electron chi connectivity index (χ0n) is 8.95. The molecule has 0 atom stereocenters. The molecule has 5 nitrogen and oxygen atoms in total. The van der Waals surface area contributed by atoms with Gasteiger partial charge in [-0.05, 0) is 26.1 Å². The van der Waals surface area contributed by atoms with Crippen LogP contribution in [0.5, 0.6) is 0 Å². The van der Waals surface area contributed by atoms with Crippen molar-refractivity contribution in [3.8, 4) is 0 Å². The zero-order chi connectivity index (χ0) is 10.2. The summed E-state index contributed by atoms with van der Waals surface area (Å²) in [5, 5.41) is 13.3. The van der Waals surface area contributed by atoms with Gasteiger partial charge < -0.3 is 10.2 Å². The highest BCUT2D eigenvalue weighted by molar-refractivity contribution is 5.28. The van der Waals surface area contributed by atoms with Crippen LogP contribution in [0.2, 0.25) is 0 Å². The van der Waals surface area contributed by atoms with E-state index in [2.05, 4.69) is 39.5 Å². The Bertz CT molecular complexity index is 217. The van der Waals surface area contributed by atoms with E-state index in [4.69, 9.17) is 0 Å². The van der Waals surface area contributed by atoms with E-state index in [1.54, 1.807) is 6.20 Å². The summed E-state index contributed by atoms with van der Waals surface area (Å²) >= 11 is 0. The predicted molar refractivity (Wildman–Crippen MR) is 57.3 cm³/mol. The molecule has 0 fully saturated rings. The van der Waals surface area contributed by atoms with E-state index in [0.29, 0.717) is 0 Å². The molecule has 0 bridgehead atoms. The van der Waals surface area contributed by atoms with Crippen LogP contribution in [0.4, 0.5) is 5.82 Å². The highest BCUT2D eigenvalue weighted by Crippen LogP contribution is 1.96. The fraction of sp³-hybridized carbons (Fsp3) is 0.778. The van der Waals surface area contributed by atoms with Gasteiger partial charge in [-0.25, -0.2) is 0 Å². The van der Waals surface area contributed by atoms with Crippen LogP contribution in [-0.2, 0) is 0 Å². The summed E-state index contributed by atoms with van der Waals surface area (Å²) in [6, 6.07) is 0. The first kappa shape index (κ1) is 11.0. The largest absolute Gasteiger partial charge is 0.367 e. The van der Waals surface area contributed by atoms with E-state index in [-0.39, 0.29) is 0 Å². The molecule has 1 heterocycles.